The minimum atomic E-state index is -0.247. The van der Waals surface area contributed by atoms with Crippen molar-refractivity contribution in [1.29, 1.82) is 0 Å². The van der Waals surface area contributed by atoms with Crippen molar-refractivity contribution >= 4 is 5.91 Å². The Morgan fingerprint density at radius 2 is 2.20 bits per heavy atom. The lowest BCUT2D eigenvalue weighted by Gasteiger charge is -2.22. The minimum absolute atomic E-state index is 0.0685. The third-order valence-corrected chi connectivity index (χ3v) is 3.46. The molecule has 110 valence electrons. The summed E-state index contributed by atoms with van der Waals surface area (Å²) < 4.78 is 18.9. The van der Waals surface area contributed by atoms with Crippen LogP contribution in [-0.4, -0.2) is 31.7 Å². The van der Waals surface area contributed by atoms with Gasteiger partial charge in [0, 0.05) is 6.54 Å². The van der Waals surface area contributed by atoms with Crippen molar-refractivity contribution in [2.75, 3.05) is 19.7 Å². The Labute approximate surface area is 118 Å². The van der Waals surface area contributed by atoms with Crippen molar-refractivity contribution in [3.8, 4) is 0 Å². The summed E-state index contributed by atoms with van der Waals surface area (Å²) in [4.78, 5) is 11.7. The summed E-state index contributed by atoms with van der Waals surface area (Å²) in [6.07, 6.45) is 2.05. The third kappa shape index (κ3) is 4.58. The molecule has 0 saturated carbocycles. The van der Waals surface area contributed by atoms with Crippen LogP contribution in [0.2, 0.25) is 0 Å². The lowest BCUT2D eigenvalue weighted by atomic mass is 10.1. The van der Waals surface area contributed by atoms with Crippen LogP contribution in [0.1, 0.15) is 24.0 Å². The zero-order valence-corrected chi connectivity index (χ0v) is 11.7. The van der Waals surface area contributed by atoms with E-state index in [1.807, 2.05) is 6.07 Å². The monoisotopic (exact) mass is 280 g/mol. The minimum Gasteiger partial charge on any atom is -0.368 e. The van der Waals surface area contributed by atoms with E-state index in [-0.39, 0.29) is 24.4 Å². The van der Waals surface area contributed by atoms with E-state index < -0.39 is 0 Å². The summed E-state index contributed by atoms with van der Waals surface area (Å²) in [5.74, 6) is -0.410. The molecule has 2 rings (SSSR count). The molecule has 0 aliphatic carbocycles. The maximum absolute atomic E-state index is 13.4. The number of piperidine rings is 1. The molecule has 0 aromatic heterocycles. The number of hydrogen-bond donors (Lipinski definition) is 2. The largest absolute Gasteiger partial charge is 0.368 e. The first-order valence-electron chi connectivity index (χ1n) is 6.99. The van der Waals surface area contributed by atoms with Crippen LogP contribution < -0.4 is 10.6 Å². The molecule has 1 aliphatic heterocycles. The van der Waals surface area contributed by atoms with E-state index in [2.05, 4.69) is 10.6 Å². The van der Waals surface area contributed by atoms with Crippen molar-refractivity contribution in [2.45, 2.75) is 32.4 Å². The zero-order chi connectivity index (χ0) is 14.4. The Bertz CT molecular complexity index is 459. The van der Waals surface area contributed by atoms with Gasteiger partial charge in [-0.15, -0.1) is 0 Å². The second-order valence-corrected chi connectivity index (χ2v) is 5.12. The van der Waals surface area contributed by atoms with Crippen LogP contribution in [0.4, 0.5) is 4.39 Å². The number of amides is 1. The number of benzene rings is 1. The first-order valence-corrected chi connectivity index (χ1v) is 6.99. The highest BCUT2D eigenvalue weighted by atomic mass is 19.1. The van der Waals surface area contributed by atoms with E-state index in [0.29, 0.717) is 12.1 Å². The highest BCUT2D eigenvalue weighted by Crippen LogP contribution is 2.09. The molecular formula is C15H21FN2O2. The molecule has 0 spiro atoms. The van der Waals surface area contributed by atoms with Gasteiger partial charge in [-0.3, -0.25) is 4.79 Å². The van der Waals surface area contributed by atoms with E-state index in [1.54, 1.807) is 13.0 Å². The number of carbonyl (C=O) groups excluding carboxylic acids is 1. The fourth-order valence-electron chi connectivity index (χ4n) is 2.15. The number of halogens is 1. The number of nitrogens with one attached hydrogen (secondary N) is 2. The second kappa shape index (κ2) is 7.36. The van der Waals surface area contributed by atoms with Crippen LogP contribution in [0.3, 0.4) is 0 Å². The maximum Gasteiger partial charge on any atom is 0.246 e. The SMILES string of the molecule is Cc1ccc(CNC(=O)COC2CCNCC2)cc1F. The van der Waals surface area contributed by atoms with Gasteiger partial charge in [0.15, 0.2) is 0 Å². The number of carbonyl (C=O) groups is 1. The maximum atomic E-state index is 13.4. The van der Waals surface area contributed by atoms with Crippen molar-refractivity contribution < 1.29 is 13.9 Å². The molecule has 1 amide bonds. The number of rotatable bonds is 5. The molecule has 5 heteroatoms. The van der Waals surface area contributed by atoms with Crippen LogP contribution >= 0.6 is 0 Å². The number of hydrogen-bond acceptors (Lipinski definition) is 3. The highest BCUT2D eigenvalue weighted by molar-refractivity contribution is 5.77. The summed E-state index contributed by atoms with van der Waals surface area (Å²) in [7, 11) is 0. The second-order valence-electron chi connectivity index (χ2n) is 5.12. The van der Waals surface area contributed by atoms with Gasteiger partial charge in [-0.2, -0.15) is 0 Å². The van der Waals surface area contributed by atoms with Gasteiger partial charge in [-0.1, -0.05) is 12.1 Å². The van der Waals surface area contributed by atoms with Gasteiger partial charge in [-0.25, -0.2) is 4.39 Å². The first kappa shape index (κ1) is 14.9. The summed E-state index contributed by atoms with van der Waals surface area (Å²) in [5, 5.41) is 5.98. The van der Waals surface area contributed by atoms with Gasteiger partial charge < -0.3 is 15.4 Å². The van der Waals surface area contributed by atoms with Gasteiger partial charge in [-0.05, 0) is 50.0 Å². The fraction of sp³-hybridized carbons (Fsp3) is 0.533. The predicted molar refractivity (Wildman–Crippen MR) is 74.8 cm³/mol. The molecular weight excluding hydrogens is 259 g/mol. The van der Waals surface area contributed by atoms with Gasteiger partial charge in [0.05, 0.1) is 6.10 Å². The molecule has 1 aromatic carbocycles. The molecule has 20 heavy (non-hydrogen) atoms. The Balaban J connectivity index is 1.70. The van der Waals surface area contributed by atoms with Gasteiger partial charge >= 0.3 is 0 Å². The lowest BCUT2D eigenvalue weighted by Crippen LogP contribution is -2.35. The van der Waals surface area contributed by atoms with Crippen molar-refractivity contribution in [2.24, 2.45) is 0 Å². The third-order valence-electron chi connectivity index (χ3n) is 3.46. The Morgan fingerprint density at radius 3 is 2.90 bits per heavy atom. The lowest BCUT2D eigenvalue weighted by molar-refractivity contribution is -0.128. The van der Waals surface area contributed by atoms with Crippen molar-refractivity contribution in [1.82, 2.24) is 10.6 Å². The molecule has 1 saturated heterocycles. The summed E-state index contributed by atoms with van der Waals surface area (Å²) in [5.41, 5.74) is 1.36. The summed E-state index contributed by atoms with van der Waals surface area (Å²) in [6, 6.07) is 4.97. The Kier molecular flexibility index (Phi) is 5.49. The molecule has 1 fully saturated rings. The molecule has 1 aliphatic rings. The van der Waals surface area contributed by atoms with Crippen LogP contribution in [0.5, 0.6) is 0 Å². The van der Waals surface area contributed by atoms with E-state index in [9.17, 15) is 9.18 Å². The zero-order valence-electron chi connectivity index (χ0n) is 11.7. The average Bonchev–Trinajstić information content (AvgIpc) is 2.47. The van der Waals surface area contributed by atoms with Gasteiger partial charge in [0.25, 0.3) is 0 Å². The van der Waals surface area contributed by atoms with Crippen LogP contribution in [-0.2, 0) is 16.1 Å². The molecule has 4 nitrogen and oxygen atoms in total. The standard InChI is InChI=1S/C15H21FN2O2/c1-11-2-3-12(8-14(11)16)9-18-15(19)10-20-13-4-6-17-7-5-13/h2-3,8,13,17H,4-7,9-10H2,1H3,(H,18,19). The Morgan fingerprint density at radius 1 is 1.45 bits per heavy atom. The van der Waals surface area contributed by atoms with E-state index >= 15 is 0 Å². The smallest absolute Gasteiger partial charge is 0.246 e. The van der Waals surface area contributed by atoms with Gasteiger partial charge in [0.1, 0.15) is 12.4 Å². The van der Waals surface area contributed by atoms with Crippen LogP contribution in [0.15, 0.2) is 18.2 Å². The topological polar surface area (TPSA) is 50.4 Å². The number of ether oxygens (including phenoxy) is 1. The summed E-state index contributed by atoms with van der Waals surface area (Å²) >= 11 is 0. The molecule has 0 atom stereocenters. The molecule has 0 radical (unpaired) electrons. The summed E-state index contributed by atoms with van der Waals surface area (Å²) in [6.45, 7) is 3.99. The van der Waals surface area contributed by atoms with Crippen LogP contribution in [0.25, 0.3) is 0 Å². The Hall–Kier alpha value is -1.46. The quantitative estimate of drug-likeness (QED) is 0.860. The molecule has 0 unspecified atom stereocenters. The average molecular weight is 280 g/mol. The molecule has 1 aromatic rings. The highest BCUT2D eigenvalue weighted by Gasteiger charge is 2.14. The van der Waals surface area contributed by atoms with E-state index in [0.717, 1.165) is 31.5 Å². The number of aryl methyl sites for hydroxylation is 1. The molecule has 2 N–H and O–H groups in total. The van der Waals surface area contributed by atoms with Crippen LogP contribution in [0, 0.1) is 12.7 Å². The predicted octanol–water partition coefficient (Wildman–Crippen LogP) is 1.52. The molecule has 1 heterocycles. The first-order chi connectivity index (χ1) is 9.65. The van der Waals surface area contributed by atoms with Crippen molar-refractivity contribution in [3.63, 3.8) is 0 Å². The van der Waals surface area contributed by atoms with E-state index in [1.165, 1.54) is 6.07 Å². The van der Waals surface area contributed by atoms with Crippen molar-refractivity contribution in [3.05, 3.63) is 35.1 Å². The fourth-order valence-corrected chi connectivity index (χ4v) is 2.15. The normalized spacial score (nSPS) is 16.1. The van der Waals surface area contributed by atoms with E-state index in [4.69, 9.17) is 4.74 Å². The molecule has 0 bridgehead atoms. The van der Waals surface area contributed by atoms with Gasteiger partial charge in [0.2, 0.25) is 5.91 Å².